The molecule has 0 spiro atoms. The second-order valence-electron chi connectivity index (χ2n) is 6.11. The smallest absolute Gasteiger partial charge is 0.233 e. The first kappa shape index (κ1) is 12.3. The molecule has 2 rings (SSSR count). The van der Waals surface area contributed by atoms with E-state index in [1.807, 2.05) is 29.9 Å². The minimum Gasteiger partial charge on any atom is -0.233 e. The van der Waals surface area contributed by atoms with Crippen LogP contribution in [0.15, 0.2) is 30.5 Å². The fourth-order valence-corrected chi connectivity index (χ4v) is 2.34. The number of benzene rings is 1. The summed E-state index contributed by atoms with van der Waals surface area (Å²) in [6.45, 7) is 8.82. The Labute approximate surface area is 117 Å². The van der Waals surface area contributed by atoms with Crippen LogP contribution < -0.4 is 4.57 Å². The summed E-state index contributed by atoms with van der Waals surface area (Å²) in [7, 11) is 2.00. The van der Waals surface area contributed by atoms with Crippen LogP contribution in [0, 0.1) is 13.8 Å². The second-order valence-corrected chi connectivity index (χ2v) is 6.11. The molecule has 0 atom stereocenters. The van der Waals surface area contributed by atoms with E-state index in [0.29, 0.717) is 0 Å². The maximum atomic E-state index is 7.73. The van der Waals surface area contributed by atoms with Gasteiger partial charge in [-0.25, -0.2) is 4.57 Å². The quantitative estimate of drug-likeness (QED) is 0.714. The van der Waals surface area contributed by atoms with Crippen LogP contribution in [0.2, 0.25) is 0 Å². The van der Waals surface area contributed by atoms with Crippen molar-refractivity contribution in [2.75, 3.05) is 0 Å². The normalized spacial score (nSPS) is 12.4. The molecular formula is C17H23N2+. The maximum absolute atomic E-state index is 7.73. The summed E-state index contributed by atoms with van der Waals surface area (Å²) in [6.07, 6.45) is 2.04. The molecule has 2 heteroatoms. The molecule has 0 amide bonds. The summed E-state index contributed by atoms with van der Waals surface area (Å²) in [5, 5.41) is 0. The van der Waals surface area contributed by atoms with Gasteiger partial charge in [0.15, 0.2) is 5.69 Å². The fourth-order valence-electron chi connectivity index (χ4n) is 2.34. The van der Waals surface area contributed by atoms with Crippen molar-refractivity contribution < 1.29 is 5.94 Å². The van der Waals surface area contributed by atoms with Crippen molar-refractivity contribution in [3.8, 4) is 11.4 Å². The molecule has 0 bridgehead atoms. The highest BCUT2D eigenvalue weighted by Gasteiger charge is 2.27. The van der Waals surface area contributed by atoms with Gasteiger partial charge in [-0.3, -0.25) is 0 Å². The lowest BCUT2D eigenvalue weighted by molar-refractivity contribution is -0.663. The number of rotatable bonds is 1. The van der Waals surface area contributed by atoms with Gasteiger partial charge >= 0.3 is 5.82 Å². The molecule has 1 aromatic carbocycles. The summed E-state index contributed by atoms with van der Waals surface area (Å²) >= 11 is 0. The number of nitrogens with zero attached hydrogens (tertiary/aromatic N) is 2. The van der Waals surface area contributed by atoms with Crippen molar-refractivity contribution in [1.82, 2.24) is 4.98 Å². The van der Waals surface area contributed by atoms with Crippen LogP contribution in [0.4, 0.5) is 0 Å². The Morgan fingerprint density at radius 3 is 2.42 bits per heavy atom. The van der Waals surface area contributed by atoms with Crippen LogP contribution >= 0.6 is 0 Å². The first-order chi connectivity index (χ1) is 9.34. The molecule has 0 fully saturated rings. The number of hydrogen-bond donors (Lipinski definition) is 0. The molecule has 1 aromatic heterocycles. The standard InChI is InChI=1S/C17H23N2/c1-12-9-7-8-10-14(12)16-18-15(17(3,4)5)13(2)11-19(16)6/h7-11H,1-6H3/q+1/i2D. The summed E-state index contributed by atoms with van der Waals surface area (Å²) in [4.78, 5) is 4.89. The van der Waals surface area contributed by atoms with Gasteiger partial charge in [0.25, 0.3) is 0 Å². The van der Waals surface area contributed by atoms with Crippen LogP contribution in [0.3, 0.4) is 0 Å². The minimum absolute atomic E-state index is 0.0535. The fraction of sp³-hybridized carbons (Fsp3) is 0.412. The summed E-state index contributed by atoms with van der Waals surface area (Å²) < 4.78 is 9.75. The molecule has 0 radical (unpaired) electrons. The minimum atomic E-state index is -0.0535. The summed E-state index contributed by atoms with van der Waals surface area (Å²) in [5.41, 5.74) is 4.33. The molecule has 19 heavy (non-hydrogen) atoms. The highest BCUT2D eigenvalue weighted by molar-refractivity contribution is 5.57. The first-order valence-electron chi connectivity index (χ1n) is 7.30. The van der Waals surface area contributed by atoms with Crippen LogP contribution in [-0.4, -0.2) is 4.98 Å². The second kappa shape index (κ2) is 4.76. The molecule has 2 nitrogen and oxygen atoms in total. The lowest BCUT2D eigenvalue weighted by Gasteiger charge is -2.16. The van der Waals surface area contributed by atoms with E-state index >= 15 is 0 Å². The molecule has 0 saturated heterocycles. The van der Waals surface area contributed by atoms with E-state index in [9.17, 15) is 0 Å². The molecule has 0 aliphatic carbocycles. The lowest BCUT2D eigenvalue weighted by Crippen LogP contribution is -2.35. The largest absolute Gasteiger partial charge is 0.330 e. The molecule has 0 unspecified atom stereocenters. The highest BCUT2D eigenvalue weighted by Crippen LogP contribution is 2.25. The Bertz CT molecular complexity index is 627. The SMILES string of the molecule is [2H]Cc1c[n+](C)c(-c2ccccc2C)nc1C(C)(C)C. The zero-order valence-corrected chi connectivity index (χ0v) is 12.5. The molecule has 100 valence electrons. The lowest BCUT2D eigenvalue weighted by atomic mass is 9.89. The zero-order chi connectivity index (χ0) is 14.9. The van der Waals surface area contributed by atoms with Crippen LogP contribution in [0.5, 0.6) is 0 Å². The van der Waals surface area contributed by atoms with Crippen molar-refractivity contribution in [3.05, 3.63) is 47.3 Å². The van der Waals surface area contributed by atoms with E-state index in [0.717, 1.165) is 22.6 Å². The topological polar surface area (TPSA) is 16.8 Å². The van der Waals surface area contributed by atoms with Crippen molar-refractivity contribution in [1.29, 1.82) is 0 Å². The molecule has 2 aromatic rings. The maximum Gasteiger partial charge on any atom is 0.330 e. The van der Waals surface area contributed by atoms with E-state index in [1.165, 1.54) is 5.56 Å². The number of aromatic nitrogens is 2. The third-order valence-corrected chi connectivity index (χ3v) is 3.30. The van der Waals surface area contributed by atoms with Crippen LogP contribution in [-0.2, 0) is 12.5 Å². The molecular weight excluding hydrogens is 232 g/mol. The molecule has 0 saturated carbocycles. The van der Waals surface area contributed by atoms with Gasteiger partial charge in [-0.05, 0) is 30.4 Å². The van der Waals surface area contributed by atoms with Crippen molar-refractivity contribution in [3.63, 3.8) is 0 Å². The van der Waals surface area contributed by atoms with Gasteiger partial charge < -0.3 is 0 Å². The van der Waals surface area contributed by atoms with Gasteiger partial charge in [0.1, 0.15) is 0 Å². The average molecular weight is 256 g/mol. The Hall–Kier alpha value is -1.70. The molecule has 0 aliphatic rings. The van der Waals surface area contributed by atoms with Crippen molar-refractivity contribution >= 4 is 0 Å². The third kappa shape index (κ3) is 2.67. The van der Waals surface area contributed by atoms with E-state index in [2.05, 4.69) is 39.8 Å². The van der Waals surface area contributed by atoms with Gasteiger partial charge in [-0.2, -0.15) is 0 Å². The predicted molar refractivity (Wildman–Crippen MR) is 79.0 cm³/mol. The third-order valence-electron chi connectivity index (χ3n) is 3.30. The molecule has 1 heterocycles. The van der Waals surface area contributed by atoms with Gasteiger partial charge in [-0.15, -0.1) is 0 Å². The van der Waals surface area contributed by atoms with Crippen molar-refractivity contribution in [2.45, 2.75) is 40.0 Å². The van der Waals surface area contributed by atoms with Crippen LogP contribution in [0.25, 0.3) is 11.4 Å². The summed E-state index contributed by atoms with van der Waals surface area (Å²) in [6, 6.07) is 8.29. The van der Waals surface area contributed by atoms with Crippen LogP contribution in [0.1, 0.15) is 39.0 Å². The van der Waals surface area contributed by atoms with Crippen molar-refractivity contribution in [2.24, 2.45) is 7.05 Å². The first-order valence-corrected chi connectivity index (χ1v) is 6.60. The molecule has 0 N–H and O–H groups in total. The van der Waals surface area contributed by atoms with E-state index < -0.39 is 0 Å². The number of aryl methyl sites for hydroxylation is 3. The van der Waals surface area contributed by atoms with Gasteiger partial charge in [0.2, 0.25) is 0 Å². The van der Waals surface area contributed by atoms with E-state index in [-0.39, 0.29) is 12.3 Å². The Balaban J connectivity index is 2.70. The monoisotopic (exact) mass is 256 g/mol. The Morgan fingerprint density at radius 1 is 1.16 bits per heavy atom. The predicted octanol–water partition coefficient (Wildman–Crippen LogP) is 3.49. The van der Waals surface area contributed by atoms with Gasteiger partial charge in [0.05, 0.1) is 18.8 Å². The Morgan fingerprint density at radius 2 is 1.84 bits per heavy atom. The zero-order valence-electron chi connectivity index (χ0n) is 13.5. The van der Waals surface area contributed by atoms with E-state index in [1.54, 1.807) is 0 Å². The van der Waals surface area contributed by atoms with Gasteiger partial charge in [-0.1, -0.05) is 39.0 Å². The Kier molecular flexibility index (Phi) is 3.09. The summed E-state index contributed by atoms with van der Waals surface area (Å²) in [5.74, 6) is 0.963. The highest BCUT2D eigenvalue weighted by atomic mass is 15.0. The average Bonchev–Trinajstić information content (AvgIpc) is 2.38. The van der Waals surface area contributed by atoms with E-state index in [4.69, 9.17) is 6.35 Å². The number of hydrogen-bond acceptors (Lipinski definition) is 1. The van der Waals surface area contributed by atoms with Gasteiger partial charge in [0, 0.05) is 12.3 Å². The molecule has 0 aliphatic heterocycles.